The van der Waals surface area contributed by atoms with Gasteiger partial charge in [0.25, 0.3) is 0 Å². The summed E-state index contributed by atoms with van der Waals surface area (Å²) in [5.41, 5.74) is 9.61. The highest BCUT2D eigenvalue weighted by Crippen LogP contribution is 2.21. The minimum Gasteiger partial charge on any atom is -0.346 e. The third kappa shape index (κ3) is 7.88. The van der Waals surface area contributed by atoms with Crippen LogP contribution >= 0.6 is 0 Å². The van der Waals surface area contributed by atoms with E-state index in [2.05, 4.69) is 63.8 Å². The van der Waals surface area contributed by atoms with Crippen molar-refractivity contribution >= 4 is 11.8 Å². The molecular formula is C29H41N5O2. The first-order valence-electron chi connectivity index (χ1n) is 13.3. The van der Waals surface area contributed by atoms with Gasteiger partial charge in [-0.1, -0.05) is 61.5 Å². The molecule has 0 unspecified atom stereocenters. The Labute approximate surface area is 215 Å². The molecule has 4 N–H and O–H groups in total. The zero-order chi connectivity index (χ0) is 25.4. The predicted molar refractivity (Wildman–Crippen MR) is 143 cm³/mol. The normalized spacial score (nSPS) is 19.1. The standard InChI is InChI=1S/C29H41N5O2/c1-23-11-15-33(16-12-23)21-26-9-7-24(8-10-26)19-31-27(35)28(36)32-22-29(30)13-17-34(18-14-29)20-25-5-3-2-4-6-25/h2-10,23H,11-22,30H2,1H3,(H,31,35)(H,32,36). The summed E-state index contributed by atoms with van der Waals surface area (Å²) < 4.78 is 0. The van der Waals surface area contributed by atoms with Crippen LogP contribution in [-0.4, -0.2) is 59.9 Å². The Bertz CT molecular complexity index is 978. The highest BCUT2D eigenvalue weighted by Gasteiger charge is 2.31. The molecule has 2 heterocycles. The molecule has 2 aliphatic heterocycles. The summed E-state index contributed by atoms with van der Waals surface area (Å²) in [7, 11) is 0. The molecule has 2 aromatic rings. The van der Waals surface area contributed by atoms with E-state index in [1.54, 1.807) is 0 Å². The van der Waals surface area contributed by atoms with Crippen LogP contribution in [-0.2, 0) is 29.2 Å². The molecule has 0 bridgehead atoms. The van der Waals surface area contributed by atoms with Gasteiger partial charge in [-0.05, 0) is 61.4 Å². The molecule has 0 aromatic heterocycles. The molecule has 2 amide bonds. The van der Waals surface area contributed by atoms with E-state index in [1.165, 1.54) is 24.0 Å². The van der Waals surface area contributed by atoms with Crippen molar-refractivity contribution in [1.82, 2.24) is 20.4 Å². The molecule has 2 aromatic carbocycles. The van der Waals surface area contributed by atoms with Crippen LogP contribution in [0.4, 0.5) is 0 Å². The smallest absolute Gasteiger partial charge is 0.309 e. The van der Waals surface area contributed by atoms with Gasteiger partial charge >= 0.3 is 11.8 Å². The molecule has 7 heteroatoms. The van der Waals surface area contributed by atoms with Crippen LogP contribution in [0.5, 0.6) is 0 Å². The molecule has 4 rings (SSSR count). The number of likely N-dealkylation sites (tertiary alicyclic amines) is 2. The van der Waals surface area contributed by atoms with Gasteiger partial charge in [0.15, 0.2) is 0 Å². The van der Waals surface area contributed by atoms with Crippen molar-refractivity contribution in [3.63, 3.8) is 0 Å². The molecule has 36 heavy (non-hydrogen) atoms. The number of carbonyl (C=O) groups excluding carboxylic acids is 2. The minimum absolute atomic E-state index is 0.308. The molecule has 0 atom stereocenters. The van der Waals surface area contributed by atoms with Gasteiger partial charge in [0.1, 0.15) is 0 Å². The first-order chi connectivity index (χ1) is 17.4. The van der Waals surface area contributed by atoms with E-state index in [4.69, 9.17) is 5.73 Å². The van der Waals surface area contributed by atoms with E-state index in [0.29, 0.717) is 13.1 Å². The SMILES string of the molecule is CC1CCN(Cc2ccc(CNC(=O)C(=O)NCC3(N)CCN(Cc4ccccc4)CC3)cc2)CC1. The Kier molecular flexibility index (Phi) is 9.13. The van der Waals surface area contributed by atoms with Crippen LogP contribution in [0.25, 0.3) is 0 Å². The largest absolute Gasteiger partial charge is 0.346 e. The fourth-order valence-corrected chi connectivity index (χ4v) is 5.01. The van der Waals surface area contributed by atoms with E-state index in [-0.39, 0.29) is 0 Å². The van der Waals surface area contributed by atoms with Gasteiger partial charge in [0.2, 0.25) is 0 Å². The summed E-state index contributed by atoms with van der Waals surface area (Å²) in [5.74, 6) is -0.410. The number of hydrogen-bond donors (Lipinski definition) is 3. The summed E-state index contributed by atoms with van der Waals surface area (Å²) >= 11 is 0. The molecule has 7 nitrogen and oxygen atoms in total. The van der Waals surface area contributed by atoms with Gasteiger partial charge in [0, 0.05) is 44.8 Å². The fourth-order valence-electron chi connectivity index (χ4n) is 5.01. The summed E-state index contributed by atoms with van der Waals surface area (Å²) in [4.78, 5) is 29.6. The summed E-state index contributed by atoms with van der Waals surface area (Å²) in [6, 6.07) is 18.7. The maximum atomic E-state index is 12.4. The van der Waals surface area contributed by atoms with Crippen molar-refractivity contribution in [1.29, 1.82) is 0 Å². The number of nitrogens with zero attached hydrogens (tertiary/aromatic N) is 2. The Hall–Kier alpha value is -2.74. The summed E-state index contributed by atoms with van der Waals surface area (Å²) in [6.07, 6.45) is 4.10. The lowest BCUT2D eigenvalue weighted by Crippen LogP contribution is -2.57. The first-order valence-corrected chi connectivity index (χ1v) is 13.3. The van der Waals surface area contributed by atoms with Crippen molar-refractivity contribution in [2.45, 2.75) is 57.8 Å². The summed E-state index contributed by atoms with van der Waals surface area (Å²) in [5, 5.41) is 5.48. The topological polar surface area (TPSA) is 90.7 Å². The quantitative estimate of drug-likeness (QED) is 0.494. The van der Waals surface area contributed by atoms with E-state index in [0.717, 1.165) is 63.6 Å². The Morgan fingerprint density at radius 2 is 1.33 bits per heavy atom. The van der Waals surface area contributed by atoms with Crippen LogP contribution in [0, 0.1) is 5.92 Å². The van der Waals surface area contributed by atoms with Crippen molar-refractivity contribution in [3.05, 3.63) is 71.3 Å². The second kappa shape index (κ2) is 12.5. The van der Waals surface area contributed by atoms with E-state index < -0.39 is 17.4 Å². The van der Waals surface area contributed by atoms with Gasteiger partial charge in [-0.3, -0.25) is 19.4 Å². The van der Waals surface area contributed by atoms with E-state index >= 15 is 0 Å². The third-order valence-electron chi connectivity index (χ3n) is 7.67. The van der Waals surface area contributed by atoms with Crippen LogP contribution in [0.3, 0.4) is 0 Å². The summed E-state index contributed by atoms with van der Waals surface area (Å²) in [6.45, 7) is 8.90. The lowest BCUT2D eigenvalue weighted by atomic mass is 9.88. The maximum Gasteiger partial charge on any atom is 0.309 e. The lowest BCUT2D eigenvalue weighted by molar-refractivity contribution is -0.139. The molecule has 194 valence electrons. The molecule has 2 saturated heterocycles. The third-order valence-corrected chi connectivity index (χ3v) is 7.67. The zero-order valence-electron chi connectivity index (χ0n) is 21.5. The van der Waals surface area contributed by atoms with Crippen molar-refractivity contribution < 1.29 is 9.59 Å². The van der Waals surface area contributed by atoms with Crippen molar-refractivity contribution in [2.24, 2.45) is 11.7 Å². The Morgan fingerprint density at radius 1 is 0.806 bits per heavy atom. The average Bonchev–Trinajstić information content (AvgIpc) is 2.90. The van der Waals surface area contributed by atoms with Crippen LogP contribution in [0.2, 0.25) is 0 Å². The number of rotatable bonds is 8. The van der Waals surface area contributed by atoms with Crippen molar-refractivity contribution in [2.75, 3.05) is 32.7 Å². The number of piperidine rings is 2. The van der Waals surface area contributed by atoms with Gasteiger partial charge in [-0.25, -0.2) is 0 Å². The molecule has 0 radical (unpaired) electrons. The minimum atomic E-state index is -0.623. The molecular weight excluding hydrogens is 450 g/mol. The van der Waals surface area contributed by atoms with Crippen LogP contribution in [0.15, 0.2) is 54.6 Å². The Morgan fingerprint density at radius 3 is 1.97 bits per heavy atom. The maximum absolute atomic E-state index is 12.4. The Balaban J connectivity index is 1.14. The lowest BCUT2D eigenvalue weighted by Gasteiger charge is -2.39. The second-order valence-electron chi connectivity index (χ2n) is 10.8. The zero-order valence-corrected chi connectivity index (χ0v) is 21.5. The van der Waals surface area contributed by atoms with Gasteiger partial charge in [-0.15, -0.1) is 0 Å². The molecule has 0 aliphatic carbocycles. The van der Waals surface area contributed by atoms with E-state index in [9.17, 15) is 9.59 Å². The predicted octanol–water partition coefficient (Wildman–Crippen LogP) is 2.64. The average molecular weight is 492 g/mol. The number of carbonyl (C=O) groups is 2. The highest BCUT2D eigenvalue weighted by atomic mass is 16.2. The molecule has 0 saturated carbocycles. The number of nitrogens with two attached hydrogens (primary N) is 1. The van der Waals surface area contributed by atoms with Crippen LogP contribution < -0.4 is 16.4 Å². The monoisotopic (exact) mass is 491 g/mol. The van der Waals surface area contributed by atoms with Gasteiger partial charge in [-0.2, -0.15) is 0 Å². The second-order valence-corrected chi connectivity index (χ2v) is 10.8. The number of hydrogen-bond acceptors (Lipinski definition) is 5. The molecule has 2 aliphatic rings. The molecule has 2 fully saturated rings. The van der Waals surface area contributed by atoms with Crippen LogP contribution in [0.1, 0.15) is 49.3 Å². The van der Waals surface area contributed by atoms with Crippen molar-refractivity contribution in [3.8, 4) is 0 Å². The number of nitrogens with one attached hydrogen (secondary N) is 2. The van der Waals surface area contributed by atoms with Gasteiger partial charge in [0.05, 0.1) is 0 Å². The van der Waals surface area contributed by atoms with E-state index in [1.807, 2.05) is 18.2 Å². The molecule has 0 spiro atoms. The first kappa shape index (κ1) is 26.3. The fraction of sp³-hybridized carbons (Fsp3) is 0.517. The van der Waals surface area contributed by atoms with Gasteiger partial charge < -0.3 is 16.4 Å². The highest BCUT2D eigenvalue weighted by molar-refractivity contribution is 6.35. The number of amides is 2. The number of benzene rings is 2.